The normalized spacial score (nSPS) is 14.2. The van der Waals surface area contributed by atoms with E-state index in [1.54, 1.807) is 4.90 Å². The van der Waals surface area contributed by atoms with Gasteiger partial charge in [-0.05, 0) is 36.4 Å². The van der Waals surface area contributed by atoms with Crippen molar-refractivity contribution in [1.82, 2.24) is 4.90 Å². The molecule has 6 nitrogen and oxygen atoms in total. The molecule has 1 aliphatic rings. The zero-order valence-corrected chi connectivity index (χ0v) is 14.5. The van der Waals surface area contributed by atoms with Gasteiger partial charge < -0.3 is 19.6 Å². The van der Waals surface area contributed by atoms with E-state index in [4.69, 9.17) is 9.84 Å². The largest absolute Gasteiger partial charge is 0.481 e. The van der Waals surface area contributed by atoms with Crippen LogP contribution in [-0.4, -0.2) is 48.1 Å². The lowest BCUT2D eigenvalue weighted by atomic mass is 10.2. The van der Waals surface area contributed by atoms with Gasteiger partial charge in [0.1, 0.15) is 11.5 Å². The fourth-order valence-corrected chi connectivity index (χ4v) is 2.94. The van der Waals surface area contributed by atoms with Crippen molar-refractivity contribution in [3.63, 3.8) is 0 Å². The number of rotatable bonds is 6. The predicted molar refractivity (Wildman–Crippen MR) is 98.6 cm³/mol. The maximum atomic E-state index is 12.0. The van der Waals surface area contributed by atoms with Gasteiger partial charge in [-0.2, -0.15) is 0 Å². The molecule has 3 rings (SSSR count). The molecule has 0 unspecified atom stereocenters. The molecule has 1 amide bonds. The number of amides is 1. The first-order valence-corrected chi connectivity index (χ1v) is 8.69. The summed E-state index contributed by atoms with van der Waals surface area (Å²) < 4.78 is 5.80. The van der Waals surface area contributed by atoms with Crippen LogP contribution in [0.1, 0.15) is 12.8 Å². The Labute approximate surface area is 152 Å². The highest BCUT2D eigenvalue weighted by molar-refractivity contribution is 5.81. The lowest BCUT2D eigenvalue weighted by Gasteiger charge is -2.36. The van der Waals surface area contributed by atoms with E-state index in [0.717, 1.165) is 30.3 Å². The molecule has 0 atom stereocenters. The van der Waals surface area contributed by atoms with Crippen LogP contribution >= 0.6 is 0 Å². The third-order valence-corrected chi connectivity index (χ3v) is 4.37. The van der Waals surface area contributed by atoms with Crippen molar-refractivity contribution in [2.75, 3.05) is 31.1 Å². The fourth-order valence-electron chi connectivity index (χ4n) is 2.94. The molecule has 2 aromatic carbocycles. The summed E-state index contributed by atoms with van der Waals surface area (Å²) in [6, 6.07) is 17.5. The average molecular weight is 354 g/mol. The number of hydrogen-bond acceptors (Lipinski definition) is 4. The van der Waals surface area contributed by atoms with Crippen molar-refractivity contribution in [3.05, 3.63) is 54.6 Å². The number of carboxylic acids is 1. The molecule has 1 heterocycles. The number of aliphatic carboxylic acids is 1. The maximum absolute atomic E-state index is 12.0. The number of nitrogens with zero attached hydrogens (tertiary/aromatic N) is 2. The van der Waals surface area contributed by atoms with Crippen molar-refractivity contribution in [2.45, 2.75) is 12.8 Å². The molecule has 0 bridgehead atoms. The van der Waals surface area contributed by atoms with Gasteiger partial charge in [0, 0.05) is 38.3 Å². The van der Waals surface area contributed by atoms with E-state index in [9.17, 15) is 9.59 Å². The summed E-state index contributed by atoms with van der Waals surface area (Å²) in [6.45, 7) is 2.69. The van der Waals surface area contributed by atoms with Crippen LogP contribution in [0.2, 0.25) is 0 Å². The molecule has 0 aromatic heterocycles. The lowest BCUT2D eigenvalue weighted by Crippen LogP contribution is -2.48. The third kappa shape index (κ3) is 4.75. The second kappa shape index (κ2) is 8.38. The van der Waals surface area contributed by atoms with E-state index < -0.39 is 5.97 Å². The van der Waals surface area contributed by atoms with Crippen LogP contribution in [0.3, 0.4) is 0 Å². The molecule has 0 aliphatic carbocycles. The summed E-state index contributed by atoms with van der Waals surface area (Å²) in [6.07, 6.45) is -0.0389. The van der Waals surface area contributed by atoms with Crippen LogP contribution < -0.4 is 9.64 Å². The summed E-state index contributed by atoms with van der Waals surface area (Å²) in [7, 11) is 0. The Bertz CT molecular complexity index is 738. The van der Waals surface area contributed by atoms with Crippen LogP contribution in [0.25, 0.3) is 0 Å². The molecule has 136 valence electrons. The SMILES string of the molecule is O=C(O)CCC(=O)N1CCN(c2ccc(Oc3ccccc3)cc2)CC1. The van der Waals surface area contributed by atoms with Crippen molar-refractivity contribution in [1.29, 1.82) is 0 Å². The molecular weight excluding hydrogens is 332 g/mol. The first-order valence-electron chi connectivity index (χ1n) is 8.69. The summed E-state index contributed by atoms with van der Waals surface area (Å²) in [5.74, 6) is 0.560. The standard InChI is InChI=1S/C20H22N2O4/c23-19(10-11-20(24)25)22-14-12-21(13-15-22)16-6-8-18(9-7-16)26-17-4-2-1-3-5-17/h1-9H,10-15H2,(H,24,25). The molecule has 0 radical (unpaired) electrons. The molecule has 26 heavy (non-hydrogen) atoms. The summed E-state index contributed by atoms with van der Waals surface area (Å²) in [4.78, 5) is 26.5. The van der Waals surface area contributed by atoms with Gasteiger partial charge in [0.2, 0.25) is 5.91 Å². The molecule has 1 N–H and O–H groups in total. The number of anilines is 1. The Kier molecular flexibility index (Phi) is 5.73. The van der Waals surface area contributed by atoms with Crippen LogP contribution in [0, 0.1) is 0 Å². The smallest absolute Gasteiger partial charge is 0.303 e. The highest BCUT2D eigenvalue weighted by atomic mass is 16.5. The second-order valence-electron chi connectivity index (χ2n) is 6.17. The Morgan fingerprint density at radius 2 is 1.46 bits per heavy atom. The predicted octanol–water partition coefficient (Wildman–Crippen LogP) is 2.99. The minimum Gasteiger partial charge on any atom is -0.481 e. The first kappa shape index (κ1) is 17.8. The van der Waals surface area contributed by atoms with Crippen molar-refractivity contribution >= 4 is 17.6 Å². The number of para-hydroxylation sites is 1. The van der Waals surface area contributed by atoms with E-state index in [-0.39, 0.29) is 18.7 Å². The monoisotopic (exact) mass is 354 g/mol. The van der Waals surface area contributed by atoms with Gasteiger partial charge in [0.05, 0.1) is 6.42 Å². The Morgan fingerprint density at radius 3 is 2.08 bits per heavy atom. The zero-order chi connectivity index (χ0) is 18.4. The number of benzene rings is 2. The van der Waals surface area contributed by atoms with Gasteiger partial charge in [-0.15, -0.1) is 0 Å². The highest BCUT2D eigenvalue weighted by Crippen LogP contribution is 2.25. The molecule has 6 heteroatoms. The van der Waals surface area contributed by atoms with E-state index >= 15 is 0 Å². The minimum absolute atomic E-state index is 0.0703. The van der Waals surface area contributed by atoms with Crippen LogP contribution in [0.5, 0.6) is 11.5 Å². The molecular formula is C20H22N2O4. The highest BCUT2D eigenvalue weighted by Gasteiger charge is 2.21. The molecule has 0 saturated carbocycles. The maximum Gasteiger partial charge on any atom is 0.303 e. The topological polar surface area (TPSA) is 70.1 Å². The zero-order valence-electron chi connectivity index (χ0n) is 14.5. The van der Waals surface area contributed by atoms with Gasteiger partial charge >= 0.3 is 5.97 Å². The van der Waals surface area contributed by atoms with Crippen molar-refractivity contribution < 1.29 is 19.4 Å². The number of carbonyl (C=O) groups excluding carboxylic acids is 1. The fraction of sp³-hybridized carbons (Fsp3) is 0.300. The van der Waals surface area contributed by atoms with Crippen LogP contribution in [0.15, 0.2) is 54.6 Å². The van der Waals surface area contributed by atoms with Crippen LogP contribution in [0.4, 0.5) is 5.69 Å². The minimum atomic E-state index is -0.935. The first-order chi connectivity index (χ1) is 12.6. The molecule has 1 saturated heterocycles. The third-order valence-electron chi connectivity index (χ3n) is 4.37. The van der Waals surface area contributed by atoms with Crippen molar-refractivity contribution in [3.8, 4) is 11.5 Å². The number of hydrogen-bond donors (Lipinski definition) is 1. The summed E-state index contributed by atoms with van der Waals surface area (Å²) in [5, 5.41) is 8.68. The Balaban J connectivity index is 1.51. The Morgan fingerprint density at radius 1 is 0.846 bits per heavy atom. The van der Waals surface area contributed by atoms with Crippen LogP contribution in [-0.2, 0) is 9.59 Å². The molecule has 1 fully saturated rings. The Hall–Kier alpha value is -3.02. The van der Waals surface area contributed by atoms with Gasteiger partial charge in [0.15, 0.2) is 0 Å². The number of carbonyl (C=O) groups is 2. The average Bonchev–Trinajstić information content (AvgIpc) is 2.68. The van der Waals surface area contributed by atoms with E-state index in [0.29, 0.717) is 13.1 Å². The quantitative estimate of drug-likeness (QED) is 0.864. The molecule has 1 aliphatic heterocycles. The number of carboxylic acid groups (broad SMARTS) is 1. The summed E-state index contributed by atoms with van der Waals surface area (Å²) >= 11 is 0. The van der Waals surface area contributed by atoms with Gasteiger partial charge in [0.25, 0.3) is 0 Å². The lowest BCUT2D eigenvalue weighted by molar-refractivity contribution is -0.141. The molecule has 2 aromatic rings. The van der Waals surface area contributed by atoms with Gasteiger partial charge in [-0.1, -0.05) is 18.2 Å². The van der Waals surface area contributed by atoms with Gasteiger partial charge in [-0.3, -0.25) is 9.59 Å². The van der Waals surface area contributed by atoms with Crippen molar-refractivity contribution in [2.24, 2.45) is 0 Å². The van der Waals surface area contributed by atoms with E-state index in [1.807, 2.05) is 54.6 Å². The summed E-state index contributed by atoms with van der Waals surface area (Å²) in [5.41, 5.74) is 1.09. The van der Waals surface area contributed by atoms with Gasteiger partial charge in [-0.25, -0.2) is 0 Å². The van der Waals surface area contributed by atoms with E-state index in [1.165, 1.54) is 0 Å². The van der Waals surface area contributed by atoms with E-state index in [2.05, 4.69) is 4.90 Å². The number of piperazine rings is 1. The number of ether oxygens (including phenoxy) is 1. The molecule has 0 spiro atoms. The second-order valence-corrected chi connectivity index (χ2v) is 6.17.